The highest BCUT2D eigenvalue weighted by Crippen LogP contribution is 2.21. The Bertz CT molecular complexity index is 814. The smallest absolute Gasteiger partial charge is 0.338 e. The van der Waals surface area contributed by atoms with Crippen molar-refractivity contribution in [2.24, 2.45) is 0 Å². The molecule has 10 heteroatoms. The summed E-state index contributed by atoms with van der Waals surface area (Å²) in [6.07, 6.45) is 2.70. The van der Waals surface area contributed by atoms with E-state index in [0.29, 0.717) is 13.1 Å². The maximum atomic E-state index is 12.6. The van der Waals surface area contributed by atoms with E-state index in [9.17, 15) is 22.8 Å². The fourth-order valence-electron chi connectivity index (χ4n) is 2.62. The topological polar surface area (TPSA) is 113 Å². The molecule has 9 nitrogen and oxygen atoms in total. The zero-order chi connectivity index (χ0) is 20.7. The van der Waals surface area contributed by atoms with Crippen LogP contribution in [0.1, 0.15) is 29.6 Å². The van der Waals surface area contributed by atoms with Gasteiger partial charge in [-0.2, -0.15) is 4.31 Å². The van der Waals surface area contributed by atoms with Gasteiger partial charge in [-0.15, -0.1) is 0 Å². The summed E-state index contributed by atoms with van der Waals surface area (Å²) in [7, 11) is -0.453. The molecule has 1 saturated heterocycles. The van der Waals surface area contributed by atoms with Crippen LogP contribution < -0.4 is 5.32 Å². The average Bonchev–Trinajstić information content (AvgIpc) is 2.70. The van der Waals surface area contributed by atoms with Gasteiger partial charge in [-0.3, -0.25) is 9.59 Å². The molecule has 0 spiro atoms. The van der Waals surface area contributed by atoms with Gasteiger partial charge in [0.2, 0.25) is 15.9 Å². The van der Waals surface area contributed by atoms with Crippen LogP contribution in [0.15, 0.2) is 29.2 Å². The molecule has 154 valence electrons. The van der Waals surface area contributed by atoms with Gasteiger partial charge in [0.1, 0.15) is 0 Å². The van der Waals surface area contributed by atoms with Gasteiger partial charge in [0.25, 0.3) is 5.91 Å². The summed E-state index contributed by atoms with van der Waals surface area (Å²) in [6, 6.07) is 5.42. The van der Waals surface area contributed by atoms with Crippen LogP contribution in [0, 0.1) is 0 Å². The Morgan fingerprint density at radius 2 is 1.68 bits per heavy atom. The van der Waals surface area contributed by atoms with E-state index >= 15 is 0 Å². The molecule has 0 saturated carbocycles. The Morgan fingerprint density at radius 1 is 1.07 bits per heavy atom. The van der Waals surface area contributed by atoms with Crippen molar-refractivity contribution in [1.82, 2.24) is 14.5 Å². The number of esters is 1. The van der Waals surface area contributed by atoms with Crippen LogP contribution in [0.2, 0.25) is 0 Å². The Morgan fingerprint density at radius 3 is 2.25 bits per heavy atom. The lowest BCUT2D eigenvalue weighted by atomic mass is 10.2. The number of hydrogen-bond acceptors (Lipinski definition) is 6. The van der Waals surface area contributed by atoms with Crippen molar-refractivity contribution in [2.45, 2.75) is 24.2 Å². The molecule has 0 bridgehead atoms. The summed E-state index contributed by atoms with van der Waals surface area (Å²) < 4.78 is 31.5. The third kappa shape index (κ3) is 5.77. The molecule has 1 aliphatic heterocycles. The molecule has 2 rings (SSSR count). The monoisotopic (exact) mass is 411 g/mol. The first kappa shape index (κ1) is 21.8. The molecule has 1 aliphatic rings. The predicted octanol–water partition coefficient (Wildman–Crippen LogP) is 0.222. The largest absolute Gasteiger partial charge is 0.452 e. The van der Waals surface area contributed by atoms with E-state index in [1.807, 2.05) is 0 Å². The highest BCUT2D eigenvalue weighted by Gasteiger charge is 2.26. The summed E-state index contributed by atoms with van der Waals surface area (Å²) in [4.78, 5) is 36.5. The van der Waals surface area contributed by atoms with E-state index in [1.165, 1.54) is 33.5 Å². The normalized spacial score (nSPS) is 14.9. The van der Waals surface area contributed by atoms with Crippen molar-refractivity contribution >= 4 is 27.8 Å². The molecule has 28 heavy (non-hydrogen) atoms. The maximum Gasteiger partial charge on any atom is 0.338 e. The number of carbonyl (C=O) groups is 3. The molecule has 1 fully saturated rings. The predicted molar refractivity (Wildman–Crippen MR) is 101 cm³/mol. The van der Waals surface area contributed by atoms with Gasteiger partial charge in [-0.05, 0) is 37.1 Å². The zero-order valence-electron chi connectivity index (χ0n) is 16.0. The number of nitrogens with one attached hydrogen (secondary N) is 1. The summed E-state index contributed by atoms with van der Waals surface area (Å²) >= 11 is 0. The van der Waals surface area contributed by atoms with E-state index in [-0.39, 0.29) is 22.9 Å². The van der Waals surface area contributed by atoms with Crippen molar-refractivity contribution in [2.75, 3.05) is 40.3 Å². The minimum Gasteiger partial charge on any atom is -0.452 e. The molecular formula is C18H25N3O6S. The number of amides is 2. The molecule has 0 aliphatic carbocycles. The van der Waals surface area contributed by atoms with Crippen molar-refractivity contribution in [3.05, 3.63) is 29.8 Å². The number of rotatable bonds is 7. The number of carbonyl (C=O) groups excluding carboxylic acids is 3. The summed E-state index contributed by atoms with van der Waals surface area (Å²) in [6.45, 7) is 0.273. The van der Waals surface area contributed by atoms with Gasteiger partial charge in [-0.1, -0.05) is 6.42 Å². The first-order chi connectivity index (χ1) is 13.2. The molecule has 1 heterocycles. The van der Waals surface area contributed by atoms with Gasteiger partial charge in [-0.25, -0.2) is 13.2 Å². The molecule has 0 aromatic heterocycles. The van der Waals surface area contributed by atoms with Crippen LogP contribution in [0.4, 0.5) is 0 Å². The number of sulfonamides is 1. The first-order valence-corrected chi connectivity index (χ1v) is 10.4. The van der Waals surface area contributed by atoms with Gasteiger partial charge in [0, 0.05) is 27.2 Å². The third-order valence-electron chi connectivity index (χ3n) is 4.31. The van der Waals surface area contributed by atoms with E-state index in [0.717, 1.165) is 19.3 Å². The van der Waals surface area contributed by atoms with Gasteiger partial charge in [0.05, 0.1) is 17.0 Å². The second-order valence-electron chi connectivity index (χ2n) is 6.63. The number of benzene rings is 1. The van der Waals surface area contributed by atoms with Crippen molar-refractivity contribution in [3.63, 3.8) is 0 Å². The SMILES string of the molecule is CN(C)C(=O)CNC(=O)COC(=O)c1ccc(S(=O)(=O)N2CCCCC2)cc1. The Hall–Kier alpha value is -2.46. The van der Waals surface area contributed by atoms with Crippen LogP contribution >= 0.6 is 0 Å². The fraction of sp³-hybridized carbons (Fsp3) is 0.500. The second kappa shape index (κ2) is 9.65. The summed E-state index contributed by atoms with van der Waals surface area (Å²) in [5, 5.41) is 2.34. The van der Waals surface area contributed by atoms with E-state index in [4.69, 9.17) is 4.74 Å². The lowest BCUT2D eigenvalue weighted by Gasteiger charge is -2.25. The molecule has 2 amide bonds. The fourth-order valence-corrected chi connectivity index (χ4v) is 4.13. The van der Waals surface area contributed by atoms with Gasteiger partial charge < -0.3 is 15.0 Å². The van der Waals surface area contributed by atoms with Gasteiger partial charge >= 0.3 is 5.97 Å². The lowest BCUT2D eigenvalue weighted by Crippen LogP contribution is -2.38. The second-order valence-corrected chi connectivity index (χ2v) is 8.57. The van der Waals surface area contributed by atoms with Crippen LogP contribution in [-0.2, 0) is 24.3 Å². The van der Waals surface area contributed by atoms with E-state index < -0.39 is 28.5 Å². The third-order valence-corrected chi connectivity index (χ3v) is 6.23. The van der Waals surface area contributed by atoms with E-state index in [2.05, 4.69) is 5.32 Å². The number of nitrogens with zero attached hydrogens (tertiary/aromatic N) is 2. The Balaban J connectivity index is 1.89. The van der Waals surface area contributed by atoms with Gasteiger partial charge in [0.15, 0.2) is 6.61 Å². The first-order valence-electron chi connectivity index (χ1n) is 8.96. The molecule has 1 aromatic rings. The highest BCUT2D eigenvalue weighted by atomic mass is 32.2. The average molecular weight is 411 g/mol. The molecular weight excluding hydrogens is 386 g/mol. The van der Waals surface area contributed by atoms with Crippen molar-refractivity contribution in [1.29, 1.82) is 0 Å². The Labute approximate surface area is 164 Å². The maximum absolute atomic E-state index is 12.6. The summed E-state index contributed by atoms with van der Waals surface area (Å²) in [5.74, 6) is -1.64. The minimum absolute atomic E-state index is 0.117. The molecule has 0 unspecified atom stereocenters. The van der Waals surface area contributed by atoms with Crippen LogP contribution in [-0.4, -0.2) is 75.7 Å². The number of piperidine rings is 1. The van der Waals surface area contributed by atoms with Crippen LogP contribution in [0.3, 0.4) is 0 Å². The molecule has 1 aromatic carbocycles. The molecule has 0 atom stereocenters. The molecule has 1 N–H and O–H groups in total. The standard InChI is InChI=1S/C18H25N3O6S/c1-20(2)17(23)12-19-16(22)13-27-18(24)14-6-8-15(9-7-14)28(25,26)21-10-4-3-5-11-21/h6-9H,3-5,10-13H2,1-2H3,(H,19,22). The van der Waals surface area contributed by atoms with Crippen LogP contribution in [0.25, 0.3) is 0 Å². The minimum atomic E-state index is -3.57. The van der Waals surface area contributed by atoms with Crippen molar-refractivity contribution in [3.8, 4) is 0 Å². The Kier molecular flexibility index (Phi) is 7.53. The quantitative estimate of drug-likeness (QED) is 0.643. The lowest BCUT2D eigenvalue weighted by molar-refractivity contribution is -0.131. The number of ether oxygens (including phenoxy) is 1. The number of likely N-dealkylation sites (N-methyl/N-ethyl adjacent to an activating group) is 1. The van der Waals surface area contributed by atoms with E-state index in [1.54, 1.807) is 14.1 Å². The number of hydrogen-bond donors (Lipinski definition) is 1. The molecule has 0 radical (unpaired) electrons. The zero-order valence-corrected chi connectivity index (χ0v) is 16.8. The van der Waals surface area contributed by atoms with Crippen LogP contribution in [0.5, 0.6) is 0 Å². The highest BCUT2D eigenvalue weighted by molar-refractivity contribution is 7.89. The van der Waals surface area contributed by atoms with Crippen molar-refractivity contribution < 1.29 is 27.5 Å². The summed E-state index contributed by atoms with van der Waals surface area (Å²) in [5.41, 5.74) is 0.134.